The summed E-state index contributed by atoms with van der Waals surface area (Å²) in [5.41, 5.74) is 6.75. The summed E-state index contributed by atoms with van der Waals surface area (Å²) in [5.74, 6) is 2.07. The maximum atomic E-state index is 6.22. The third kappa shape index (κ3) is 4.13. The molecule has 0 aliphatic rings. The minimum atomic E-state index is -0.105. The van der Waals surface area contributed by atoms with Crippen molar-refractivity contribution < 1.29 is 9.47 Å². The van der Waals surface area contributed by atoms with Crippen molar-refractivity contribution in [3.63, 3.8) is 0 Å². The highest BCUT2D eigenvalue weighted by Gasteiger charge is 2.09. The lowest BCUT2D eigenvalue weighted by Gasteiger charge is -2.13. The molecule has 0 heterocycles. The molecule has 3 nitrogen and oxygen atoms in total. The van der Waals surface area contributed by atoms with Crippen LogP contribution in [0.25, 0.3) is 0 Å². The van der Waals surface area contributed by atoms with Crippen LogP contribution in [0.3, 0.4) is 0 Å². The molecule has 21 heavy (non-hydrogen) atoms. The molecule has 2 aromatic carbocycles. The van der Waals surface area contributed by atoms with Crippen molar-refractivity contribution >= 4 is 11.6 Å². The van der Waals surface area contributed by atoms with E-state index in [0.29, 0.717) is 23.1 Å². The molecular weight excluding hydrogens is 286 g/mol. The number of para-hydroxylation sites is 2. The summed E-state index contributed by atoms with van der Waals surface area (Å²) in [7, 11) is 0. The van der Waals surface area contributed by atoms with Crippen LogP contribution in [0.4, 0.5) is 0 Å². The van der Waals surface area contributed by atoms with Gasteiger partial charge in [-0.3, -0.25) is 0 Å². The average Bonchev–Trinajstić information content (AvgIpc) is 2.46. The van der Waals surface area contributed by atoms with Gasteiger partial charge < -0.3 is 15.2 Å². The first kappa shape index (κ1) is 15.7. The van der Waals surface area contributed by atoms with Crippen LogP contribution in [0.5, 0.6) is 17.2 Å². The van der Waals surface area contributed by atoms with E-state index >= 15 is 0 Å². The minimum absolute atomic E-state index is 0.105. The molecule has 2 rings (SSSR count). The van der Waals surface area contributed by atoms with Crippen LogP contribution < -0.4 is 15.2 Å². The molecule has 4 heteroatoms. The normalized spacial score (nSPS) is 12.0. The van der Waals surface area contributed by atoms with E-state index in [2.05, 4.69) is 6.92 Å². The van der Waals surface area contributed by atoms with Crippen LogP contribution in [-0.2, 0) is 0 Å². The van der Waals surface area contributed by atoms with Gasteiger partial charge in [0.1, 0.15) is 5.75 Å². The summed E-state index contributed by atoms with van der Waals surface area (Å²) < 4.78 is 11.5. The molecule has 0 amide bonds. The summed E-state index contributed by atoms with van der Waals surface area (Å²) in [6.07, 6.45) is 0.948. The van der Waals surface area contributed by atoms with Crippen LogP contribution in [0.2, 0.25) is 5.02 Å². The van der Waals surface area contributed by atoms with E-state index in [1.165, 1.54) is 0 Å². The van der Waals surface area contributed by atoms with Crippen molar-refractivity contribution in [2.24, 2.45) is 5.73 Å². The number of hydrogen-bond donors (Lipinski definition) is 1. The first-order valence-corrected chi connectivity index (χ1v) is 7.44. The van der Waals surface area contributed by atoms with Gasteiger partial charge in [0.25, 0.3) is 0 Å². The molecule has 1 unspecified atom stereocenters. The fraction of sp³-hybridized carbons (Fsp3) is 0.294. The molecule has 2 N–H and O–H groups in total. The Morgan fingerprint density at radius 2 is 1.86 bits per heavy atom. The lowest BCUT2D eigenvalue weighted by Crippen LogP contribution is -2.05. The highest BCUT2D eigenvalue weighted by molar-refractivity contribution is 6.31. The molecule has 0 spiro atoms. The topological polar surface area (TPSA) is 44.5 Å². The maximum Gasteiger partial charge on any atom is 0.169 e. The Morgan fingerprint density at radius 1 is 1.14 bits per heavy atom. The Labute approximate surface area is 130 Å². The smallest absolute Gasteiger partial charge is 0.169 e. The van der Waals surface area contributed by atoms with Crippen molar-refractivity contribution in [2.75, 3.05) is 6.61 Å². The largest absolute Gasteiger partial charge is 0.490 e. The molecule has 0 fully saturated rings. The predicted molar refractivity (Wildman–Crippen MR) is 86.4 cm³/mol. The Hall–Kier alpha value is -1.71. The SMILES string of the molecule is CCCOc1ccccc1Oc1ccc(C(C)N)c(Cl)c1. The van der Waals surface area contributed by atoms with Crippen LogP contribution in [0.15, 0.2) is 42.5 Å². The second-order valence-electron chi connectivity index (χ2n) is 4.87. The van der Waals surface area contributed by atoms with Crippen molar-refractivity contribution in [1.82, 2.24) is 0 Å². The van der Waals surface area contributed by atoms with Crippen LogP contribution in [-0.4, -0.2) is 6.61 Å². The molecule has 0 aliphatic carbocycles. The molecule has 0 aliphatic heterocycles. The van der Waals surface area contributed by atoms with E-state index in [1.807, 2.05) is 43.3 Å². The molecule has 1 atom stereocenters. The highest BCUT2D eigenvalue weighted by Crippen LogP contribution is 2.34. The molecule has 0 radical (unpaired) electrons. The quantitative estimate of drug-likeness (QED) is 0.822. The van der Waals surface area contributed by atoms with Gasteiger partial charge in [0.05, 0.1) is 6.61 Å². The number of halogens is 1. The molecule has 0 bridgehead atoms. The van der Waals surface area contributed by atoms with Crippen LogP contribution in [0, 0.1) is 0 Å². The number of benzene rings is 2. The van der Waals surface area contributed by atoms with Gasteiger partial charge in [0.15, 0.2) is 11.5 Å². The molecular formula is C17H20ClNO2. The summed E-state index contributed by atoms with van der Waals surface area (Å²) >= 11 is 6.22. The monoisotopic (exact) mass is 305 g/mol. The van der Waals surface area contributed by atoms with E-state index in [-0.39, 0.29) is 6.04 Å². The predicted octanol–water partition coefficient (Wildman–Crippen LogP) is 4.94. The van der Waals surface area contributed by atoms with Crippen molar-refractivity contribution in [3.05, 3.63) is 53.1 Å². The second-order valence-corrected chi connectivity index (χ2v) is 5.28. The summed E-state index contributed by atoms with van der Waals surface area (Å²) in [4.78, 5) is 0. The number of hydrogen-bond acceptors (Lipinski definition) is 3. The summed E-state index contributed by atoms with van der Waals surface area (Å²) in [6, 6.07) is 13.0. The van der Waals surface area contributed by atoms with E-state index in [1.54, 1.807) is 6.07 Å². The summed E-state index contributed by atoms with van der Waals surface area (Å²) in [6.45, 7) is 4.62. The van der Waals surface area contributed by atoms with Gasteiger partial charge in [0, 0.05) is 11.1 Å². The third-order valence-corrected chi connectivity index (χ3v) is 3.33. The highest BCUT2D eigenvalue weighted by atomic mass is 35.5. The first-order valence-electron chi connectivity index (χ1n) is 7.06. The van der Waals surface area contributed by atoms with Gasteiger partial charge in [-0.15, -0.1) is 0 Å². The Morgan fingerprint density at radius 3 is 2.48 bits per heavy atom. The van der Waals surface area contributed by atoms with E-state index in [4.69, 9.17) is 26.8 Å². The van der Waals surface area contributed by atoms with Gasteiger partial charge in [-0.1, -0.05) is 36.7 Å². The maximum absolute atomic E-state index is 6.22. The van der Waals surface area contributed by atoms with Gasteiger partial charge in [-0.05, 0) is 43.2 Å². The molecule has 2 aromatic rings. The zero-order valence-corrected chi connectivity index (χ0v) is 13.1. The van der Waals surface area contributed by atoms with Gasteiger partial charge in [0.2, 0.25) is 0 Å². The first-order chi connectivity index (χ1) is 10.1. The molecule has 0 saturated heterocycles. The van der Waals surface area contributed by atoms with Crippen molar-refractivity contribution in [2.45, 2.75) is 26.3 Å². The van der Waals surface area contributed by atoms with Gasteiger partial charge in [-0.2, -0.15) is 0 Å². The lowest BCUT2D eigenvalue weighted by atomic mass is 10.1. The standard InChI is InChI=1S/C17H20ClNO2/c1-3-10-20-16-6-4-5-7-17(16)21-13-8-9-14(12(2)19)15(18)11-13/h4-9,11-12H,3,10,19H2,1-2H3. The van der Waals surface area contributed by atoms with E-state index < -0.39 is 0 Å². The average molecular weight is 306 g/mol. The fourth-order valence-electron chi connectivity index (χ4n) is 1.93. The number of ether oxygens (including phenoxy) is 2. The molecule has 0 aromatic heterocycles. The van der Waals surface area contributed by atoms with E-state index in [0.717, 1.165) is 17.7 Å². The second kappa shape index (κ2) is 7.34. The minimum Gasteiger partial charge on any atom is -0.490 e. The zero-order valence-electron chi connectivity index (χ0n) is 12.3. The zero-order chi connectivity index (χ0) is 15.2. The van der Waals surface area contributed by atoms with Gasteiger partial charge in [-0.25, -0.2) is 0 Å². The molecule has 112 valence electrons. The van der Waals surface area contributed by atoms with E-state index in [9.17, 15) is 0 Å². The Balaban J connectivity index is 2.20. The van der Waals surface area contributed by atoms with Crippen molar-refractivity contribution in [1.29, 1.82) is 0 Å². The summed E-state index contributed by atoms with van der Waals surface area (Å²) in [5, 5.41) is 0.606. The molecule has 0 saturated carbocycles. The Kier molecular flexibility index (Phi) is 5.48. The number of rotatable bonds is 6. The third-order valence-electron chi connectivity index (χ3n) is 3.00. The lowest BCUT2D eigenvalue weighted by molar-refractivity contribution is 0.302. The fourth-order valence-corrected chi connectivity index (χ4v) is 2.28. The van der Waals surface area contributed by atoms with Gasteiger partial charge >= 0.3 is 0 Å². The Bertz CT molecular complexity index is 599. The van der Waals surface area contributed by atoms with Crippen LogP contribution in [0.1, 0.15) is 31.9 Å². The van der Waals surface area contributed by atoms with Crippen molar-refractivity contribution in [3.8, 4) is 17.2 Å². The number of nitrogens with two attached hydrogens (primary N) is 1. The van der Waals surface area contributed by atoms with Crippen LogP contribution >= 0.6 is 11.6 Å².